The van der Waals surface area contributed by atoms with Gasteiger partial charge in [-0.25, -0.2) is 8.42 Å². The molecule has 2 aromatic carbocycles. The van der Waals surface area contributed by atoms with Crippen LogP contribution in [0.1, 0.15) is 76.0 Å². The molecule has 0 spiro atoms. The molecular formula is C22H30N2O5S. The van der Waals surface area contributed by atoms with E-state index in [2.05, 4.69) is 18.6 Å². The summed E-state index contributed by atoms with van der Waals surface area (Å²) < 4.78 is 34.5. The molecule has 0 aliphatic rings. The van der Waals surface area contributed by atoms with Crippen LogP contribution < -0.4 is 9.46 Å². The largest absolute Gasteiger partial charge is 0.496 e. The lowest BCUT2D eigenvalue weighted by Gasteiger charge is -2.23. The van der Waals surface area contributed by atoms with E-state index in [1.54, 1.807) is 0 Å². The van der Waals surface area contributed by atoms with Crippen LogP contribution in [0.2, 0.25) is 0 Å². The zero-order valence-corrected chi connectivity index (χ0v) is 19.3. The van der Waals surface area contributed by atoms with E-state index in [0.29, 0.717) is 11.1 Å². The summed E-state index contributed by atoms with van der Waals surface area (Å²) in [6.45, 7) is 11.9. The molecular weight excluding hydrogens is 404 g/mol. The summed E-state index contributed by atoms with van der Waals surface area (Å²) in [5.41, 5.74) is 2.01. The first-order chi connectivity index (χ1) is 13.9. The summed E-state index contributed by atoms with van der Waals surface area (Å²) in [4.78, 5) is 11.1. The molecule has 8 heteroatoms. The van der Waals surface area contributed by atoms with Crippen LogP contribution in [0.3, 0.4) is 0 Å². The van der Waals surface area contributed by atoms with Gasteiger partial charge in [0.1, 0.15) is 11.4 Å². The monoisotopic (exact) mass is 434 g/mol. The lowest BCUT2D eigenvalue weighted by atomic mass is 9.89. The van der Waals surface area contributed by atoms with Crippen LogP contribution in [0, 0.1) is 10.1 Å². The third kappa shape index (κ3) is 4.92. The number of rotatable bonds is 8. The number of hydrogen-bond acceptors (Lipinski definition) is 5. The van der Waals surface area contributed by atoms with Crippen molar-refractivity contribution in [2.75, 3.05) is 11.8 Å². The van der Waals surface area contributed by atoms with Crippen molar-refractivity contribution in [2.45, 2.75) is 64.2 Å². The van der Waals surface area contributed by atoms with Gasteiger partial charge in [-0.15, -0.1) is 0 Å². The molecule has 0 aliphatic carbocycles. The Balaban J connectivity index is 2.72. The highest BCUT2D eigenvalue weighted by Crippen LogP contribution is 2.37. The van der Waals surface area contributed by atoms with E-state index < -0.39 is 14.9 Å². The summed E-state index contributed by atoms with van der Waals surface area (Å²) in [5, 5.41) is 11.5. The molecule has 0 unspecified atom stereocenters. The normalized spacial score (nSPS) is 11.9. The number of sulfonamides is 1. The molecule has 0 atom stereocenters. The molecule has 1 N–H and O–H groups in total. The first-order valence-corrected chi connectivity index (χ1v) is 11.4. The average molecular weight is 435 g/mol. The average Bonchev–Trinajstić information content (AvgIpc) is 2.66. The minimum Gasteiger partial charge on any atom is -0.496 e. The number of hydrogen-bond donors (Lipinski definition) is 1. The topological polar surface area (TPSA) is 98.5 Å². The second kappa shape index (κ2) is 9.04. The Bertz CT molecular complexity index is 1010. The zero-order valence-electron chi connectivity index (χ0n) is 18.5. The number of nitrogens with zero attached hydrogens (tertiary/aromatic N) is 1. The van der Waals surface area contributed by atoms with Gasteiger partial charge in [0, 0.05) is 0 Å². The van der Waals surface area contributed by atoms with Crippen molar-refractivity contribution in [3.05, 3.63) is 57.1 Å². The van der Waals surface area contributed by atoms with Crippen LogP contribution in [-0.2, 0) is 10.0 Å². The van der Waals surface area contributed by atoms with E-state index in [9.17, 15) is 18.5 Å². The molecule has 0 radical (unpaired) electrons. The maximum Gasteiger partial charge on any atom is 0.297 e. The summed E-state index contributed by atoms with van der Waals surface area (Å²) in [6.07, 6.45) is 0. The molecule has 0 heterocycles. The number of anilines is 1. The molecule has 0 fully saturated rings. The fourth-order valence-electron chi connectivity index (χ4n) is 3.27. The standard InChI is InChI=1S/C22H30N2O5S/c1-13(2)16-10-18(14(3)4)22(19(11-16)15(5)6)30(27,28)23-20-9-8-17(29-7)12-21(20)24(25)26/h8-15,23H,1-7H3. The fraction of sp³-hybridized carbons (Fsp3) is 0.455. The van der Waals surface area contributed by atoms with E-state index in [0.717, 1.165) is 5.56 Å². The fourth-order valence-corrected chi connectivity index (χ4v) is 5.05. The number of nitro benzene ring substituents is 1. The van der Waals surface area contributed by atoms with Gasteiger partial charge in [0.25, 0.3) is 15.7 Å². The minimum absolute atomic E-state index is 0.0429. The van der Waals surface area contributed by atoms with E-state index in [4.69, 9.17) is 4.74 Å². The number of methoxy groups -OCH3 is 1. The first kappa shape index (κ1) is 23.7. The lowest BCUT2D eigenvalue weighted by molar-refractivity contribution is -0.384. The van der Waals surface area contributed by atoms with Gasteiger partial charge in [0.05, 0.1) is 23.0 Å². The zero-order chi connectivity index (χ0) is 22.8. The smallest absolute Gasteiger partial charge is 0.297 e. The SMILES string of the molecule is COc1ccc(NS(=O)(=O)c2c(C(C)C)cc(C(C)C)cc2C(C)C)c([N+](=O)[O-])c1. The third-order valence-electron chi connectivity index (χ3n) is 4.99. The van der Waals surface area contributed by atoms with Gasteiger partial charge in [-0.2, -0.15) is 0 Å². The molecule has 2 rings (SSSR count). The first-order valence-electron chi connectivity index (χ1n) is 9.92. The second-order valence-electron chi connectivity index (χ2n) is 8.24. The molecule has 7 nitrogen and oxygen atoms in total. The Morgan fingerprint density at radius 2 is 1.47 bits per heavy atom. The molecule has 0 aliphatic heterocycles. The van der Waals surface area contributed by atoms with Crippen LogP contribution in [-0.4, -0.2) is 20.5 Å². The van der Waals surface area contributed by atoms with E-state index >= 15 is 0 Å². The van der Waals surface area contributed by atoms with Gasteiger partial charge in [-0.1, -0.05) is 53.7 Å². The Labute approximate surface area is 178 Å². The third-order valence-corrected chi connectivity index (χ3v) is 6.49. The molecule has 0 aromatic heterocycles. The molecule has 2 aromatic rings. The van der Waals surface area contributed by atoms with Crippen molar-refractivity contribution in [1.29, 1.82) is 0 Å². The lowest BCUT2D eigenvalue weighted by Crippen LogP contribution is -2.19. The predicted molar refractivity (Wildman–Crippen MR) is 119 cm³/mol. The van der Waals surface area contributed by atoms with Crippen molar-refractivity contribution in [2.24, 2.45) is 0 Å². The molecule has 0 amide bonds. The van der Waals surface area contributed by atoms with Crippen molar-refractivity contribution < 1.29 is 18.1 Å². The van der Waals surface area contributed by atoms with Crippen LogP contribution in [0.5, 0.6) is 5.75 Å². The van der Waals surface area contributed by atoms with E-state index in [1.165, 1.54) is 25.3 Å². The molecule has 0 bridgehead atoms. The van der Waals surface area contributed by atoms with Gasteiger partial charge in [0.15, 0.2) is 0 Å². The van der Waals surface area contributed by atoms with Crippen LogP contribution in [0.4, 0.5) is 11.4 Å². The Hall–Kier alpha value is -2.61. The predicted octanol–water partition coefficient (Wildman–Crippen LogP) is 5.77. The van der Waals surface area contributed by atoms with Gasteiger partial charge in [-0.3, -0.25) is 14.8 Å². The van der Waals surface area contributed by atoms with Crippen molar-refractivity contribution >= 4 is 21.4 Å². The maximum absolute atomic E-state index is 13.5. The molecule has 0 saturated carbocycles. The molecule has 0 saturated heterocycles. The highest BCUT2D eigenvalue weighted by atomic mass is 32.2. The maximum atomic E-state index is 13.5. The number of ether oxygens (including phenoxy) is 1. The number of nitrogens with one attached hydrogen (secondary N) is 1. The second-order valence-corrected chi connectivity index (χ2v) is 9.86. The van der Waals surface area contributed by atoms with Crippen molar-refractivity contribution in [1.82, 2.24) is 0 Å². The quantitative estimate of drug-likeness (QED) is 0.420. The minimum atomic E-state index is -4.08. The number of benzene rings is 2. The van der Waals surface area contributed by atoms with Gasteiger partial charge in [-0.05, 0) is 46.6 Å². The highest BCUT2D eigenvalue weighted by molar-refractivity contribution is 7.92. The number of nitro groups is 1. The highest BCUT2D eigenvalue weighted by Gasteiger charge is 2.29. The van der Waals surface area contributed by atoms with Crippen LogP contribution >= 0.6 is 0 Å². The molecule has 164 valence electrons. The van der Waals surface area contributed by atoms with Gasteiger partial charge >= 0.3 is 0 Å². The Kier molecular flexibility index (Phi) is 7.13. The van der Waals surface area contributed by atoms with Crippen LogP contribution in [0.25, 0.3) is 0 Å². The van der Waals surface area contributed by atoms with Crippen LogP contribution in [0.15, 0.2) is 35.2 Å². The van der Waals surface area contributed by atoms with E-state index in [-0.39, 0.29) is 39.8 Å². The Morgan fingerprint density at radius 3 is 1.87 bits per heavy atom. The molecule has 30 heavy (non-hydrogen) atoms. The van der Waals surface area contributed by atoms with Gasteiger partial charge < -0.3 is 4.74 Å². The Morgan fingerprint density at radius 1 is 0.933 bits per heavy atom. The van der Waals surface area contributed by atoms with E-state index in [1.807, 2.05) is 39.8 Å². The van der Waals surface area contributed by atoms with Gasteiger partial charge in [0.2, 0.25) is 0 Å². The summed E-state index contributed by atoms with van der Waals surface area (Å²) in [6, 6.07) is 7.89. The van der Waals surface area contributed by atoms with Crippen molar-refractivity contribution in [3.8, 4) is 5.75 Å². The summed E-state index contributed by atoms with van der Waals surface area (Å²) >= 11 is 0. The summed E-state index contributed by atoms with van der Waals surface area (Å²) in [7, 11) is -2.69. The summed E-state index contributed by atoms with van der Waals surface area (Å²) in [5.74, 6) is 0.432. The van der Waals surface area contributed by atoms with Crippen molar-refractivity contribution in [3.63, 3.8) is 0 Å².